The molecule has 0 spiro atoms. The van der Waals surface area contributed by atoms with E-state index in [0.29, 0.717) is 6.42 Å². The fourth-order valence-corrected chi connectivity index (χ4v) is 1.82. The third kappa shape index (κ3) is 2.27. The molecule has 1 aliphatic rings. The van der Waals surface area contributed by atoms with E-state index in [9.17, 15) is 4.79 Å². The maximum absolute atomic E-state index is 11.0. The van der Waals surface area contributed by atoms with Crippen molar-refractivity contribution in [2.24, 2.45) is 0 Å². The summed E-state index contributed by atoms with van der Waals surface area (Å²) in [6, 6.07) is 6.38. The molecule has 1 aliphatic carbocycles. The van der Waals surface area contributed by atoms with Gasteiger partial charge in [0.1, 0.15) is 0 Å². The van der Waals surface area contributed by atoms with Gasteiger partial charge in [0.05, 0.1) is 7.11 Å². The summed E-state index contributed by atoms with van der Waals surface area (Å²) in [6.45, 7) is 0. The standard InChI is InChI=1S/C13H14O2/c1-15-13(14)8-6-10-5-7-11-3-2-4-12(11)9-10/h2-3,5,7,9H,4,6,8H2,1H3. The number of ether oxygens (including phenoxy) is 1. The molecule has 0 amide bonds. The zero-order chi connectivity index (χ0) is 10.7. The average molecular weight is 202 g/mol. The van der Waals surface area contributed by atoms with Crippen LogP contribution in [0, 0.1) is 0 Å². The van der Waals surface area contributed by atoms with Crippen molar-refractivity contribution in [1.82, 2.24) is 0 Å². The van der Waals surface area contributed by atoms with Crippen LogP contribution < -0.4 is 0 Å². The number of methoxy groups -OCH3 is 1. The molecule has 0 aliphatic heterocycles. The van der Waals surface area contributed by atoms with Crippen LogP contribution in [0.5, 0.6) is 0 Å². The summed E-state index contributed by atoms with van der Waals surface area (Å²) in [7, 11) is 1.43. The zero-order valence-electron chi connectivity index (χ0n) is 8.82. The monoisotopic (exact) mass is 202 g/mol. The lowest BCUT2D eigenvalue weighted by Gasteiger charge is -2.04. The lowest BCUT2D eigenvalue weighted by Crippen LogP contribution is -2.02. The van der Waals surface area contributed by atoms with Gasteiger partial charge in [-0.05, 0) is 29.5 Å². The molecule has 0 aromatic heterocycles. The van der Waals surface area contributed by atoms with E-state index >= 15 is 0 Å². The van der Waals surface area contributed by atoms with Gasteiger partial charge in [-0.3, -0.25) is 4.79 Å². The van der Waals surface area contributed by atoms with Crippen molar-refractivity contribution in [3.8, 4) is 0 Å². The van der Waals surface area contributed by atoms with Crippen LogP contribution >= 0.6 is 0 Å². The molecule has 0 atom stereocenters. The van der Waals surface area contributed by atoms with E-state index in [1.165, 1.54) is 23.8 Å². The predicted octanol–water partition coefficient (Wildman–Crippen LogP) is 2.36. The Kier molecular flexibility index (Phi) is 2.86. The predicted molar refractivity (Wildman–Crippen MR) is 59.5 cm³/mol. The quantitative estimate of drug-likeness (QED) is 0.703. The van der Waals surface area contributed by atoms with Gasteiger partial charge >= 0.3 is 5.97 Å². The Labute approximate surface area is 89.6 Å². The van der Waals surface area contributed by atoms with Gasteiger partial charge in [-0.1, -0.05) is 30.4 Å². The van der Waals surface area contributed by atoms with E-state index in [0.717, 1.165) is 12.8 Å². The maximum Gasteiger partial charge on any atom is 0.305 e. The van der Waals surface area contributed by atoms with Crippen molar-refractivity contribution >= 4 is 12.0 Å². The minimum absolute atomic E-state index is 0.145. The smallest absolute Gasteiger partial charge is 0.305 e. The van der Waals surface area contributed by atoms with E-state index < -0.39 is 0 Å². The summed E-state index contributed by atoms with van der Waals surface area (Å²) >= 11 is 0. The molecule has 0 saturated carbocycles. The first-order chi connectivity index (χ1) is 7.29. The Morgan fingerprint density at radius 1 is 1.47 bits per heavy atom. The molecule has 2 rings (SSSR count). The van der Waals surface area contributed by atoms with Crippen molar-refractivity contribution in [3.63, 3.8) is 0 Å². The highest BCUT2D eigenvalue weighted by Crippen LogP contribution is 2.21. The number of carbonyl (C=O) groups excluding carboxylic acids is 1. The highest BCUT2D eigenvalue weighted by molar-refractivity contribution is 5.69. The Morgan fingerprint density at radius 2 is 2.33 bits per heavy atom. The first-order valence-corrected chi connectivity index (χ1v) is 5.15. The first-order valence-electron chi connectivity index (χ1n) is 5.15. The lowest BCUT2D eigenvalue weighted by atomic mass is 10.0. The number of rotatable bonds is 3. The average Bonchev–Trinajstić information content (AvgIpc) is 2.72. The Hall–Kier alpha value is -1.57. The van der Waals surface area contributed by atoms with Gasteiger partial charge in [0.15, 0.2) is 0 Å². The topological polar surface area (TPSA) is 26.3 Å². The Balaban J connectivity index is 2.02. The molecule has 1 aromatic rings. The van der Waals surface area contributed by atoms with Crippen LogP contribution in [-0.2, 0) is 22.4 Å². The van der Waals surface area contributed by atoms with Crippen LogP contribution in [0.25, 0.3) is 6.08 Å². The minimum Gasteiger partial charge on any atom is -0.469 e. The molecule has 0 unspecified atom stereocenters. The lowest BCUT2D eigenvalue weighted by molar-refractivity contribution is -0.140. The Morgan fingerprint density at radius 3 is 3.13 bits per heavy atom. The molecule has 0 saturated heterocycles. The number of allylic oxidation sites excluding steroid dienone is 1. The summed E-state index contributed by atoms with van der Waals surface area (Å²) in [5, 5.41) is 0. The van der Waals surface area contributed by atoms with Crippen LogP contribution in [0.15, 0.2) is 24.3 Å². The highest BCUT2D eigenvalue weighted by Gasteiger charge is 2.07. The van der Waals surface area contributed by atoms with E-state index in [2.05, 4.69) is 35.1 Å². The SMILES string of the molecule is COC(=O)CCc1ccc2c(c1)CC=C2. The number of carbonyl (C=O) groups is 1. The second-order valence-corrected chi connectivity index (χ2v) is 3.72. The summed E-state index contributed by atoms with van der Waals surface area (Å²) in [6.07, 6.45) is 6.54. The third-order valence-electron chi connectivity index (χ3n) is 2.69. The second-order valence-electron chi connectivity index (χ2n) is 3.72. The number of benzene rings is 1. The third-order valence-corrected chi connectivity index (χ3v) is 2.69. The van der Waals surface area contributed by atoms with E-state index in [1.807, 2.05) is 0 Å². The van der Waals surface area contributed by atoms with Gasteiger partial charge in [0.25, 0.3) is 0 Å². The number of hydrogen-bond donors (Lipinski definition) is 0. The summed E-state index contributed by atoms with van der Waals surface area (Å²) < 4.78 is 4.61. The van der Waals surface area contributed by atoms with Crippen LogP contribution in [0.3, 0.4) is 0 Å². The fraction of sp³-hybridized carbons (Fsp3) is 0.308. The van der Waals surface area contributed by atoms with Gasteiger partial charge in [0, 0.05) is 6.42 Å². The first kappa shape index (κ1) is 9.97. The molecule has 0 radical (unpaired) electrons. The van der Waals surface area contributed by atoms with E-state index in [4.69, 9.17) is 0 Å². The molecule has 0 bridgehead atoms. The van der Waals surface area contributed by atoms with Crippen molar-refractivity contribution < 1.29 is 9.53 Å². The van der Waals surface area contributed by atoms with E-state index in [-0.39, 0.29) is 5.97 Å². The fourth-order valence-electron chi connectivity index (χ4n) is 1.82. The van der Waals surface area contributed by atoms with Gasteiger partial charge in [-0.15, -0.1) is 0 Å². The number of esters is 1. The van der Waals surface area contributed by atoms with Gasteiger partial charge < -0.3 is 4.74 Å². The maximum atomic E-state index is 11.0. The minimum atomic E-state index is -0.145. The number of fused-ring (bicyclic) bond motifs is 1. The Bertz CT molecular complexity index is 405. The molecule has 15 heavy (non-hydrogen) atoms. The van der Waals surface area contributed by atoms with Crippen molar-refractivity contribution in [2.45, 2.75) is 19.3 Å². The van der Waals surface area contributed by atoms with Gasteiger partial charge in [-0.25, -0.2) is 0 Å². The summed E-state index contributed by atoms with van der Waals surface area (Å²) in [4.78, 5) is 11.0. The molecule has 0 heterocycles. The van der Waals surface area contributed by atoms with E-state index in [1.54, 1.807) is 0 Å². The largest absolute Gasteiger partial charge is 0.469 e. The van der Waals surface area contributed by atoms with Crippen LogP contribution in [0.2, 0.25) is 0 Å². The molecule has 0 fully saturated rings. The molecule has 2 nitrogen and oxygen atoms in total. The molecule has 78 valence electrons. The van der Waals surface area contributed by atoms with Crippen molar-refractivity contribution in [3.05, 3.63) is 41.0 Å². The van der Waals surface area contributed by atoms with Gasteiger partial charge in [0.2, 0.25) is 0 Å². The number of hydrogen-bond acceptors (Lipinski definition) is 2. The molecule has 2 heteroatoms. The second kappa shape index (κ2) is 4.30. The van der Waals surface area contributed by atoms with Crippen LogP contribution in [0.4, 0.5) is 0 Å². The molecule has 0 N–H and O–H groups in total. The molecular formula is C13H14O2. The normalized spacial score (nSPS) is 12.6. The van der Waals surface area contributed by atoms with Crippen LogP contribution in [-0.4, -0.2) is 13.1 Å². The zero-order valence-corrected chi connectivity index (χ0v) is 8.82. The highest BCUT2D eigenvalue weighted by atomic mass is 16.5. The molecular weight excluding hydrogens is 188 g/mol. The number of aryl methyl sites for hydroxylation is 1. The van der Waals surface area contributed by atoms with Crippen LogP contribution in [0.1, 0.15) is 23.1 Å². The van der Waals surface area contributed by atoms with Gasteiger partial charge in [-0.2, -0.15) is 0 Å². The molecule has 1 aromatic carbocycles. The summed E-state index contributed by atoms with van der Waals surface area (Å²) in [5.74, 6) is -0.145. The van der Waals surface area contributed by atoms with Crippen molar-refractivity contribution in [1.29, 1.82) is 0 Å². The van der Waals surface area contributed by atoms with Crippen molar-refractivity contribution in [2.75, 3.05) is 7.11 Å². The summed E-state index contributed by atoms with van der Waals surface area (Å²) in [5.41, 5.74) is 3.87.